The highest BCUT2D eigenvalue weighted by Crippen LogP contribution is 2.44. The Balaban J connectivity index is 1.50. The highest BCUT2D eigenvalue weighted by molar-refractivity contribution is 7.91. The number of hydrogen-bond donors (Lipinski definition) is 3. The number of anilines is 2. The Morgan fingerprint density at radius 2 is 1.92 bits per heavy atom. The van der Waals surface area contributed by atoms with Gasteiger partial charge in [-0.05, 0) is 69.5 Å². The molecule has 1 aliphatic carbocycles. The van der Waals surface area contributed by atoms with Gasteiger partial charge in [-0.2, -0.15) is 5.10 Å². The van der Waals surface area contributed by atoms with Crippen LogP contribution >= 0.6 is 0 Å². The van der Waals surface area contributed by atoms with Gasteiger partial charge in [-0.1, -0.05) is 12.1 Å². The van der Waals surface area contributed by atoms with Gasteiger partial charge in [0.05, 0.1) is 34.1 Å². The van der Waals surface area contributed by atoms with Crippen LogP contribution in [0, 0.1) is 0 Å². The lowest BCUT2D eigenvalue weighted by Gasteiger charge is -2.30. The SMILES string of the molecule is CC(C)NC(=O)Nc1ccc(-c2c(N)c3ccc(S(=O)(=O)CCn4cccn4)cc3n2C2CCC2)cc1. The number of nitrogens with zero attached hydrogens (tertiary/aromatic N) is 3. The van der Waals surface area contributed by atoms with Crippen molar-refractivity contribution in [3.8, 4) is 11.3 Å². The topological polar surface area (TPSA) is 124 Å². The van der Waals surface area contributed by atoms with Crippen molar-refractivity contribution in [2.24, 2.45) is 0 Å². The first-order chi connectivity index (χ1) is 17.7. The Bertz CT molecular complexity index is 1520. The maximum Gasteiger partial charge on any atom is 0.319 e. The average molecular weight is 521 g/mol. The lowest BCUT2D eigenvalue weighted by molar-refractivity contribution is 0.250. The Hall–Kier alpha value is -3.79. The van der Waals surface area contributed by atoms with Crippen LogP contribution in [0.2, 0.25) is 0 Å². The molecule has 1 fully saturated rings. The highest BCUT2D eigenvalue weighted by atomic mass is 32.2. The lowest BCUT2D eigenvalue weighted by atomic mass is 9.92. The zero-order valence-corrected chi connectivity index (χ0v) is 21.8. The normalized spacial score (nSPS) is 14.1. The van der Waals surface area contributed by atoms with Gasteiger partial charge >= 0.3 is 6.03 Å². The summed E-state index contributed by atoms with van der Waals surface area (Å²) in [6.07, 6.45) is 6.55. The largest absolute Gasteiger partial charge is 0.396 e. The second-order valence-corrected chi connectivity index (χ2v) is 11.9. The maximum atomic E-state index is 13.2. The minimum Gasteiger partial charge on any atom is -0.396 e. The fourth-order valence-corrected chi connectivity index (χ4v) is 5.96. The molecular weight excluding hydrogens is 488 g/mol. The number of hydrogen-bond acceptors (Lipinski definition) is 5. The quantitative estimate of drug-likeness (QED) is 0.307. The van der Waals surface area contributed by atoms with E-state index in [1.165, 1.54) is 0 Å². The molecule has 2 aromatic heterocycles. The van der Waals surface area contributed by atoms with E-state index in [4.69, 9.17) is 5.73 Å². The number of aryl methyl sites for hydroxylation is 1. The van der Waals surface area contributed by atoms with Gasteiger partial charge in [-0.3, -0.25) is 4.68 Å². The van der Waals surface area contributed by atoms with E-state index < -0.39 is 9.84 Å². The Labute approximate surface area is 216 Å². The second kappa shape index (κ2) is 9.93. The number of carbonyl (C=O) groups is 1. The van der Waals surface area contributed by atoms with Crippen LogP contribution in [0.4, 0.5) is 16.2 Å². The number of nitrogen functional groups attached to an aromatic ring is 1. The van der Waals surface area contributed by atoms with Gasteiger partial charge in [0, 0.05) is 41.1 Å². The Morgan fingerprint density at radius 1 is 1.16 bits per heavy atom. The van der Waals surface area contributed by atoms with Crippen LogP contribution in [-0.2, 0) is 16.4 Å². The third kappa shape index (κ3) is 5.06. The minimum atomic E-state index is -3.51. The molecular formula is C27H32N6O3S. The van der Waals surface area contributed by atoms with Crippen LogP contribution < -0.4 is 16.4 Å². The molecule has 9 nitrogen and oxygen atoms in total. The van der Waals surface area contributed by atoms with Crippen LogP contribution in [0.25, 0.3) is 22.2 Å². The number of urea groups is 1. The summed E-state index contributed by atoms with van der Waals surface area (Å²) in [5.74, 6) is -0.0362. The molecule has 1 aliphatic rings. The van der Waals surface area contributed by atoms with E-state index in [0.29, 0.717) is 17.9 Å². The monoisotopic (exact) mass is 520 g/mol. The van der Waals surface area contributed by atoms with Crippen molar-refractivity contribution in [3.05, 3.63) is 60.9 Å². The van der Waals surface area contributed by atoms with Gasteiger partial charge in [0.1, 0.15) is 0 Å². The smallest absolute Gasteiger partial charge is 0.319 e. The number of carbonyl (C=O) groups excluding carboxylic acids is 1. The summed E-state index contributed by atoms with van der Waals surface area (Å²) >= 11 is 0. The molecule has 0 saturated heterocycles. The number of benzene rings is 2. The summed E-state index contributed by atoms with van der Waals surface area (Å²) < 4.78 is 30.2. The zero-order chi connectivity index (χ0) is 26.2. The number of fused-ring (bicyclic) bond motifs is 1. The van der Waals surface area contributed by atoms with Gasteiger partial charge < -0.3 is 20.9 Å². The van der Waals surface area contributed by atoms with Crippen LogP contribution in [0.1, 0.15) is 39.2 Å². The molecule has 1 saturated carbocycles. The summed E-state index contributed by atoms with van der Waals surface area (Å²) in [5, 5.41) is 10.6. The number of amides is 2. The second-order valence-electron chi connectivity index (χ2n) is 9.81. The number of nitrogens with one attached hydrogen (secondary N) is 2. The summed E-state index contributed by atoms with van der Waals surface area (Å²) in [5.41, 5.74) is 10.6. The summed E-state index contributed by atoms with van der Waals surface area (Å²) in [6, 6.07) is 14.6. The van der Waals surface area contributed by atoms with Crippen molar-refractivity contribution in [2.45, 2.75) is 56.6 Å². The highest BCUT2D eigenvalue weighted by Gasteiger charge is 2.28. The van der Waals surface area contributed by atoms with Gasteiger partial charge in [-0.15, -0.1) is 0 Å². The third-order valence-electron chi connectivity index (χ3n) is 6.80. The zero-order valence-electron chi connectivity index (χ0n) is 21.0. The Kier molecular flexibility index (Phi) is 6.68. The van der Waals surface area contributed by atoms with Gasteiger partial charge in [0.15, 0.2) is 9.84 Å². The predicted molar refractivity (Wildman–Crippen MR) is 146 cm³/mol. The molecule has 0 atom stereocenters. The fraction of sp³-hybridized carbons (Fsp3) is 0.333. The molecule has 10 heteroatoms. The molecule has 0 spiro atoms. The molecule has 37 heavy (non-hydrogen) atoms. The van der Waals surface area contributed by atoms with E-state index in [2.05, 4.69) is 20.3 Å². The van der Waals surface area contributed by atoms with Gasteiger partial charge in [0.2, 0.25) is 0 Å². The van der Waals surface area contributed by atoms with E-state index in [1.54, 1.807) is 35.3 Å². The van der Waals surface area contributed by atoms with Crippen molar-refractivity contribution in [3.63, 3.8) is 0 Å². The molecule has 0 unspecified atom stereocenters. The van der Waals surface area contributed by atoms with Crippen LogP contribution in [0.15, 0.2) is 65.8 Å². The van der Waals surface area contributed by atoms with Gasteiger partial charge in [0.25, 0.3) is 0 Å². The first-order valence-corrected chi connectivity index (χ1v) is 14.2. The number of nitrogens with two attached hydrogens (primary N) is 1. The molecule has 4 N–H and O–H groups in total. The molecule has 0 aliphatic heterocycles. The standard InChI is InChI=1S/C27H32N6O3S/c1-18(2)30-27(34)31-20-9-7-19(8-10-20)26-25(28)23-12-11-22(17-24(23)33(26)21-5-3-6-21)37(35,36)16-15-32-14-4-13-29-32/h4,7-14,17-18,21H,3,5-6,15-16,28H2,1-2H3,(H2,30,31,34). The third-order valence-corrected chi connectivity index (χ3v) is 8.49. The van der Waals surface area contributed by atoms with Crippen molar-refractivity contribution >= 4 is 38.1 Å². The first-order valence-electron chi connectivity index (χ1n) is 12.5. The van der Waals surface area contributed by atoms with E-state index in [-0.39, 0.29) is 28.8 Å². The van der Waals surface area contributed by atoms with E-state index in [1.807, 2.05) is 44.2 Å². The van der Waals surface area contributed by atoms with E-state index in [9.17, 15) is 13.2 Å². The fourth-order valence-electron chi connectivity index (χ4n) is 4.73. The van der Waals surface area contributed by atoms with Crippen molar-refractivity contribution in [1.82, 2.24) is 19.7 Å². The molecule has 5 rings (SSSR count). The number of aromatic nitrogens is 3. The molecule has 0 bridgehead atoms. The van der Waals surface area contributed by atoms with Crippen LogP contribution in [0.5, 0.6) is 0 Å². The number of sulfone groups is 1. The van der Waals surface area contributed by atoms with E-state index >= 15 is 0 Å². The Morgan fingerprint density at radius 3 is 2.54 bits per heavy atom. The predicted octanol–water partition coefficient (Wildman–Crippen LogP) is 4.82. The molecule has 0 radical (unpaired) electrons. The van der Waals surface area contributed by atoms with Crippen molar-refractivity contribution in [2.75, 3.05) is 16.8 Å². The molecule has 4 aromatic rings. The lowest BCUT2D eigenvalue weighted by Crippen LogP contribution is -2.34. The van der Waals surface area contributed by atoms with Crippen LogP contribution in [-0.4, -0.2) is 40.6 Å². The molecule has 2 heterocycles. The molecule has 2 aromatic carbocycles. The number of rotatable bonds is 8. The van der Waals surface area contributed by atoms with Crippen molar-refractivity contribution in [1.29, 1.82) is 0 Å². The first kappa shape index (κ1) is 24.9. The van der Waals surface area contributed by atoms with Gasteiger partial charge in [-0.25, -0.2) is 13.2 Å². The van der Waals surface area contributed by atoms with Crippen molar-refractivity contribution < 1.29 is 13.2 Å². The van der Waals surface area contributed by atoms with Crippen LogP contribution in [0.3, 0.4) is 0 Å². The summed E-state index contributed by atoms with van der Waals surface area (Å²) in [7, 11) is -3.51. The summed E-state index contributed by atoms with van der Waals surface area (Å²) in [6.45, 7) is 4.10. The maximum absolute atomic E-state index is 13.2. The molecule has 2 amide bonds. The van der Waals surface area contributed by atoms with E-state index in [0.717, 1.165) is 41.4 Å². The average Bonchev–Trinajstić information content (AvgIpc) is 3.44. The summed E-state index contributed by atoms with van der Waals surface area (Å²) in [4.78, 5) is 12.3. The molecule has 194 valence electrons. The minimum absolute atomic E-state index is 0.0362.